The lowest BCUT2D eigenvalue weighted by Gasteiger charge is -2.41. The molecular weight excluding hydrogens is 719 g/mol. The zero-order valence-corrected chi connectivity index (χ0v) is 31.7. The van der Waals surface area contributed by atoms with Crippen LogP contribution >= 0.6 is 0 Å². The number of carbonyl (C=O) groups excluding carboxylic acids is 3. The van der Waals surface area contributed by atoms with Gasteiger partial charge in [-0.3, -0.25) is 24.7 Å². The van der Waals surface area contributed by atoms with E-state index in [4.69, 9.17) is 0 Å². The minimum atomic E-state index is -0.952. The number of piperidine rings is 2. The number of halogens is 2. The van der Waals surface area contributed by atoms with Crippen molar-refractivity contribution in [3.05, 3.63) is 65.6 Å². The molecule has 2 aliphatic heterocycles. The van der Waals surface area contributed by atoms with E-state index < -0.39 is 17.5 Å². The Morgan fingerprint density at radius 1 is 0.857 bits per heavy atom. The van der Waals surface area contributed by atoms with Gasteiger partial charge in [0, 0.05) is 47.9 Å². The van der Waals surface area contributed by atoms with Crippen molar-refractivity contribution in [1.82, 2.24) is 30.5 Å². The molecule has 56 heavy (non-hydrogen) atoms. The summed E-state index contributed by atoms with van der Waals surface area (Å²) >= 11 is 0. The van der Waals surface area contributed by atoms with Crippen LogP contribution in [0.2, 0.25) is 0 Å². The van der Waals surface area contributed by atoms with E-state index in [-0.39, 0.29) is 59.6 Å². The molecule has 1 aromatic carbocycles. The Morgan fingerprint density at radius 2 is 1.61 bits per heavy atom. The third-order valence-electron chi connectivity index (χ3n) is 13.0. The van der Waals surface area contributed by atoms with Gasteiger partial charge in [-0.25, -0.2) is 18.7 Å². The average molecular weight is 771 g/mol. The Hall–Kier alpha value is -4.56. The van der Waals surface area contributed by atoms with Crippen LogP contribution in [0.1, 0.15) is 113 Å². The highest BCUT2D eigenvalue weighted by molar-refractivity contribution is 6.01. The predicted octanol–water partition coefficient (Wildman–Crippen LogP) is 5.68. The van der Waals surface area contributed by atoms with Crippen LogP contribution in [0.15, 0.2) is 42.7 Å². The molecule has 1 atom stereocenters. The fraction of sp³-hybridized carbons (Fsp3) is 0.571. The highest BCUT2D eigenvalue weighted by Gasteiger charge is 2.38. The van der Waals surface area contributed by atoms with Gasteiger partial charge in [0.1, 0.15) is 23.2 Å². The van der Waals surface area contributed by atoms with Crippen molar-refractivity contribution in [2.24, 2.45) is 5.92 Å². The van der Waals surface area contributed by atoms with E-state index in [1.165, 1.54) is 12.3 Å². The molecule has 0 spiro atoms. The molecule has 5 aliphatic rings. The number of pyridine rings is 1. The molecule has 3 amide bonds. The molecule has 5 fully saturated rings. The van der Waals surface area contributed by atoms with Crippen molar-refractivity contribution in [3.8, 4) is 11.3 Å². The van der Waals surface area contributed by atoms with Crippen molar-refractivity contribution < 1.29 is 28.3 Å². The van der Waals surface area contributed by atoms with Gasteiger partial charge < -0.3 is 26.0 Å². The van der Waals surface area contributed by atoms with Crippen LogP contribution in [0.3, 0.4) is 0 Å². The molecule has 8 rings (SSSR count). The molecular formula is C42H52F2N8O4. The smallest absolute Gasteiger partial charge is 0.249 e. The number of hydrogen-bond donors (Lipinski definition) is 5. The largest absolute Gasteiger partial charge is 0.384 e. The minimum absolute atomic E-state index is 0.0373. The van der Waals surface area contributed by atoms with Gasteiger partial charge in [-0.15, -0.1) is 0 Å². The number of likely N-dealkylation sites (tertiary alicyclic amines) is 1. The van der Waals surface area contributed by atoms with Crippen LogP contribution in [0.5, 0.6) is 0 Å². The van der Waals surface area contributed by atoms with Crippen LogP contribution in [-0.2, 0) is 20.0 Å². The SMILES string of the molecule is O=C1CCC(Nc2ccc(C3CCN([C@H]4CC[C@H](NC(=O)[C@H]5CC[C@H](Nc6ncc(F)c(-c7ccnc(C8(O)CCC8)c7)n6)CC5)CC4)CC3)c(F)c2)C(=O)N1. The van der Waals surface area contributed by atoms with Crippen LogP contribution in [-0.4, -0.2) is 79.9 Å². The minimum Gasteiger partial charge on any atom is -0.384 e. The average Bonchev–Trinajstić information content (AvgIpc) is 3.19. The second kappa shape index (κ2) is 16.5. The zero-order valence-electron chi connectivity index (χ0n) is 31.7. The lowest BCUT2D eigenvalue weighted by atomic mass is 9.77. The number of amides is 3. The van der Waals surface area contributed by atoms with Crippen LogP contribution < -0.4 is 21.3 Å². The van der Waals surface area contributed by atoms with Gasteiger partial charge in [-0.1, -0.05) is 6.07 Å². The molecule has 2 saturated heterocycles. The van der Waals surface area contributed by atoms with Crippen LogP contribution in [0.4, 0.5) is 20.4 Å². The highest BCUT2D eigenvalue weighted by Crippen LogP contribution is 2.41. The maximum atomic E-state index is 15.2. The van der Waals surface area contributed by atoms with E-state index in [2.05, 4.69) is 41.1 Å². The number of carbonyl (C=O) groups is 3. The maximum Gasteiger partial charge on any atom is 0.249 e. The summed E-state index contributed by atoms with van der Waals surface area (Å²) in [7, 11) is 0. The first-order chi connectivity index (χ1) is 27.1. The number of nitrogens with one attached hydrogen (secondary N) is 4. The van der Waals surface area contributed by atoms with E-state index in [9.17, 15) is 23.9 Å². The lowest BCUT2D eigenvalue weighted by Crippen LogP contribution is -2.47. The topological polar surface area (TPSA) is 161 Å². The normalized spacial score (nSPS) is 27.2. The molecule has 12 nitrogen and oxygen atoms in total. The fourth-order valence-corrected chi connectivity index (χ4v) is 9.38. The standard InChI is InChI=1S/C42H52F2N8O4/c43-33-23-30(47-35-12-13-37(53)50-40(35)55)8-11-32(33)25-15-20-52(21-16-25)31-9-6-28(7-10-31)48-39(54)26-2-4-29(5-3-26)49-41-46-24-34(44)38(51-41)27-14-19-45-36(22-27)42(56)17-1-18-42/h8,11,14,19,22-26,28-29,31,35,47,56H,1-7,9-10,12-13,15-18,20-21H2,(H,48,54)(H,46,49,51)(H,50,53,55)/t26-,28-,29-,31-,35?. The third kappa shape index (κ3) is 8.56. The second-order valence-electron chi connectivity index (χ2n) is 16.6. The van der Waals surface area contributed by atoms with E-state index >= 15 is 4.39 Å². The first-order valence-corrected chi connectivity index (χ1v) is 20.5. The third-order valence-corrected chi connectivity index (χ3v) is 13.0. The Bertz CT molecular complexity index is 1920. The van der Waals surface area contributed by atoms with Crippen molar-refractivity contribution >= 4 is 29.4 Å². The molecule has 2 aromatic heterocycles. The molecule has 0 radical (unpaired) electrons. The Balaban J connectivity index is 0.752. The number of imide groups is 1. The summed E-state index contributed by atoms with van der Waals surface area (Å²) < 4.78 is 30.1. The maximum absolute atomic E-state index is 15.2. The number of hydrogen-bond acceptors (Lipinski definition) is 10. The van der Waals surface area contributed by atoms with Gasteiger partial charge >= 0.3 is 0 Å². The van der Waals surface area contributed by atoms with Crippen molar-refractivity contribution in [2.75, 3.05) is 23.7 Å². The molecule has 298 valence electrons. The quantitative estimate of drug-likeness (QED) is 0.162. The number of aromatic nitrogens is 3. The lowest BCUT2D eigenvalue weighted by molar-refractivity contribution is -0.133. The van der Waals surface area contributed by atoms with Crippen molar-refractivity contribution in [2.45, 2.75) is 132 Å². The number of nitrogens with zero attached hydrogens (tertiary/aromatic N) is 4. The van der Waals surface area contributed by atoms with Crippen LogP contribution in [0, 0.1) is 17.6 Å². The molecule has 1 unspecified atom stereocenters. The molecule has 3 aliphatic carbocycles. The summed E-state index contributed by atoms with van der Waals surface area (Å²) in [6, 6.07) is 8.72. The predicted molar refractivity (Wildman–Crippen MR) is 206 cm³/mol. The number of anilines is 2. The Labute approximate surface area is 326 Å². The number of benzene rings is 1. The van der Waals surface area contributed by atoms with Gasteiger partial charge in [0.2, 0.25) is 23.7 Å². The first kappa shape index (κ1) is 38.3. The second-order valence-corrected chi connectivity index (χ2v) is 16.6. The first-order valence-electron chi connectivity index (χ1n) is 20.5. The molecule has 4 heterocycles. The van der Waals surface area contributed by atoms with Gasteiger partial charge in [-0.2, -0.15) is 0 Å². The van der Waals surface area contributed by atoms with Gasteiger partial charge in [0.05, 0.1) is 11.9 Å². The Kier molecular flexibility index (Phi) is 11.3. The van der Waals surface area contributed by atoms with Crippen LogP contribution in [0.25, 0.3) is 11.3 Å². The van der Waals surface area contributed by atoms with Gasteiger partial charge in [-0.05, 0) is 139 Å². The Morgan fingerprint density at radius 3 is 2.30 bits per heavy atom. The summed E-state index contributed by atoms with van der Waals surface area (Å²) in [5.41, 5.74) is 1.57. The zero-order chi connectivity index (χ0) is 38.8. The monoisotopic (exact) mass is 770 g/mol. The number of aliphatic hydroxyl groups is 1. The van der Waals surface area contributed by atoms with Gasteiger partial charge in [0.15, 0.2) is 5.82 Å². The molecule has 3 aromatic rings. The van der Waals surface area contributed by atoms with E-state index in [1.807, 2.05) is 12.1 Å². The fourth-order valence-electron chi connectivity index (χ4n) is 9.38. The van der Waals surface area contributed by atoms with Crippen molar-refractivity contribution in [3.63, 3.8) is 0 Å². The molecule has 3 saturated carbocycles. The summed E-state index contributed by atoms with van der Waals surface area (Å²) in [5, 5.41) is 22.8. The number of rotatable bonds is 10. The summed E-state index contributed by atoms with van der Waals surface area (Å²) in [6.07, 6.45) is 14.5. The molecule has 5 N–H and O–H groups in total. The summed E-state index contributed by atoms with van der Waals surface area (Å²) in [5.74, 6) is -0.867. The molecule has 0 bridgehead atoms. The van der Waals surface area contributed by atoms with Gasteiger partial charge in [0.25, 0.3) is 0 Å². The highest BCUT2D eigenvalue weighted by atomic mass is 19.1. The van der Waals surface area contributed by atoms with E-state index in [0.717, 1.165) is 83.7 Å². The van der Waals surface area contributed by atoms with E-state index in [1.54, 1.807) is 18.3 Å². The molecule has 14 heteroatoms. The van der Waals surface area contributed by atoms with E-state index in [0.29, 0.717) is 53.8 Å². The summed E-state index contributed by atoms with van der Waals surface area (Å²) in [6.45, 7) is 1.83. The van der Waals surface area contributed by atoms with Crippen molar-refractivity contribution in [1.29, 1.82) is 0 Å². The summed E-state index contributed by atoms with van der Waals surface area (Å²) in [4.78, 5) is 52.4.